The summed E-state index contributed by atoms with van der Waals surface area (Å²) in [5.74, 6) is 0. The molecule has 4 heteroatoms. The van der Waals surface area contributed by atoms with Gasteiger partial charge in [-0.05, 0) is 73.5 Å². The van der Waals surface area contributed by atoms with Gasteiger partial charge in [-0.2, -0.15) is 0 Å². The molecule has 3 rings (SSSR count). The molecule has 3 aromatic rings. The van der Waals surface area contributed by atoms with E-state index in [0.29, 0.717) is 10.0 Å². The Labute approximate surface area is 152 Å². The van der Waals surface area contributed by atoms with Gasteiger partial charge in [0, 0.05) is 11.4 Å². The summed E-state index contributed by atoms with van der Waals surface area (Å²) in [6.45, 7) is 4.04. The normalized spacial score (nSPS) is 10.5. The first-order valence-corrected chi connectivity index (χ1v) is 8.43. The molecule has 0 aliphatic heterocycles. The summed E-state index contributed by atoms with van der Waals surface area (Å²) in [6, 6.07) is 19.9. The molecule has 0 saturated heterocycles. The number of rotatable bonds is 4. The third-order valence-electron chi connectivity index (χ3n) is 3.69. The molecule has 0 unspecified atom stereocenters. The number of hydrogen-bond acceptors (Lipinski definition) is 2. The second kappa shape index (κ2) is 7.16. The van der Waals surface area contributed by atoms with Gasteiger partial charge in [-0.1, -0.05) is 35.3 Å². The average Bonchev–Trinajstić information content (AvgIpc) is 2.54. The number of anilines is 4. The van der Waals surface area contributed by atoms with Crippen LogP contribution in [0, 0.1) is 13.8 Å². The molecule has 0 aliphatic carbocycles. The van der Waals surface area contributed by atoms with Crippen LogP contribution in [0.2, 0.25) is 10.0 Å². The fourth-order valence-corrected chi connectivity index (χ4v) is 2.96. The summed E-state index contributed by atoms with van der Waals surface area (Å²) in [6.07, 6.45) is 0. The number of hydrogen-bond donors (Lipinski definition) is 2. The van der Waals surface area contributed by atoms with Crippen molar-refractivity contribution in [2.45, 2.75) is 13.8 Å². The van der Waals surface area contributed by atoms with Gasteiger partial charge in [-0.15, -0.1) is 0 Å². The molecule has 0 bridgehead atoms. The standard InChI is InChI=1S/C20H18Cl2N2/c1-13-3-9-19(17(21)11-13)23-15-5-7-16(8-6-15)24-20-10-4-14(2)12-18(20)22/h3-12,23-24H,1-2H3. The Hall–Kier alpha value is -2.16. The number of nitrogens with one attached hydrogen (secondary N) is 2. The van der Waals surface area contributed by atoms with E-state index >= 15 is 0 Å². The number of halogens is 2. The predicted octanol–water partition coefficient (Wildman–Crippen LogP) is 7.10. The minimum Gasteiger partial charge on any atom is -0.354 e. The number of aryl methyl sites for hydroxylation is 2. The molecule has 2 N–H and O–H groups in total. The van der Waals surface area contributed by atoms with E-state index in [4.69, 9.17) is 23.2 Å². The van der Waals surface area contributed by atoms with E-state index in [9.17, 15) is 0 Å². The van der Waals surface area contributed by atoms with Crippen LogP contribution in [0.25, 0.3) is 0 Å². The third kappa shape index (κ3) is 4.02. The Bertz CT molecular complexity index is 786. The SMILES string of the molecule is Cc1ccc(Nc2ccc(Nc3ccc(C)cc3Cl)cc2)c(Cl)c1. The molecule has 2 nitrogen and oxygen atoms in total. The zero-order valence-corrected chi connectivity index (χ0v) is 15.0. The molecule has 0 spiro atoms. The Morgan fingerprint density at radius 3 is 1.29 bits per heavy atom. The fourth-order valence-electron chi connectivity index (χ4n) is 2.39. The molecular weight excluding hydrogens is 339 g/mol. The molecule has 24 heavy (non-hydrogen) atoms. The number of benzene rings is 3. The van der Waals surface area contributed by atoms with Crippen molar-refractivity contribution in [1.29, 1.82) is 0 Å². The fraction of sp³-hybridized carbons (Fsp3) is 0.100. The van der Waals surface area contributed by atoms with Crippen molar-refractivity contribution in [3.63, 3.8) is 0 Å². The summed E-state index contributed by atoms with van der Waals surface area (Å²) in [5.41, 5.74) is 6.01. The van der Waals surface area contributed by atoms with Crippen molar-refractivity contribution in [3.8, 4) is 0 Å². The first kappa shape index (κ1) is 16.7. The zero-order valence-electron chi connectivity index (χ0n) is 13.5. The van der Waals surface area contributed by atoms with Gasteiger partial charge in [-0.25, -0.2) is 0 Å². The molecule has 0 heterocycles. The maximum Gasteiger partial charge on any atom is 0.0643 e. The van der Waals surface area contributed by atoms with E-state index in [0.717, 1.165) is 33.9 Å². The lowest BCUT2D eigenvalue weighted by atomic mass is 10.2. The van der Waals surface area contributed by atoms with E-state index in [2.05, 4.69) is 10.6 Å². The first-order chi connectivity index (χ1) is 11.5. The highest BCUT2D eigenvalue weighted by Gasteiger charge is 2.03. The van der Waals surface area contributed by atoms with Crippen LogP contribution in [0.4, 0.5) is 22.7 Å². The van der Waals surface area contributed by atoms with Crippen molar-refractivity contribution in [1.82, 2.24) is 0 Å². The second-order valence-corrected chi connectivity index (χ2v) is 6.61. The highest BCUT2D eigenvalue weighted by molar-refractivity contribution is 6.33. The van der Waals surface area contributed by atoms with Gasteiger partial charge in [0.25, 0.3) is 0 Å². The molecule has 0 fully saturated rings. The van der Waals surface area contributed by atoms with Gasteiger partial charge in [0.2, 0.25) is 0 Å². The topological polar surface area (TPSA) is 24.1 Å². The quantitative estimate of drug-likeness (QED) is 0.520. The van der Waals surface area contributed by atoms with Gasteiger partial charge >= 0.3 is 0 Å². The lowest BCUT2D eigenvalue weighted by molar-refractivity contribution is 1.44. The molecular formula is C20H18Cl2N2. The highest BCUT2D eigenvalue weighted by Crippen LogP contribution is 2.29. The predicted molar refractivity (Wildman–Crippen MR) is 105 cm³/mol. The molecule has 0 atom stereocenters. The molecule has 0 saturated carbocycles. The van der Waals surface area contributed by atoms with E-state index in [-0.39, 0.29) is 0 Å². The Morgan fingerprint density at radius 1 is 0.583 bits per heavy atom. The maximum absolute atomic E-state index is 6.26. The molecule has 0 amide bonds. The highest BCUT2D eigenvalue weighted by atomic mass is 35.5. The average molecular weight is 357 g/mol. The van der Waals surface area contributed by atoms with E-state index in [1.165, 1.54) is 0 Å². The van der Waals surface area contributed by atoms with Gasteiger partial charge in [0.05, 0.1) is 21.4 Å². The van der Waals surface area contributed by atoms with Crippen molar-refractivity contribution in [3.05, 3.63) is 81.8 Å². The summed E-state index contributed by atoms with van der Waals surface area (Å²) >= 11 is 12.5. The molecule has 0 aliphatic rings. The van der Waals surface area contributed by atoms with Crippen molar-refractivity contribution >= 4 is 46.0 Å². The van der Waals surface area contributed by atoms with Crippen LogP contribution in [0.3, 0.4) is 0 Å². The van der Waals surface area contributed by atoms with Crippen molar-refractivity contribution in [2.75, 3.05) is 10.6 Å². The van der Waals surface area contributed by atoms with Gasteiger partial charge in [0.1, 0.15) is 0 Å². The summed E-state index contributed by atoms with van der Waals surface area (Å²) < 4.78 is 0. The Morgan fingerprint density at radius 2 is 0.958 bits per heavy atom. The van der Waals surface area contributed by atoms with E-state index in [1.54, 1.807) is 0 Å². The van der Waals surface area contributed by atoms with Gasteiger partial charge < -0.3 is 10.6 Å². The molecule has 0 radical (unpaired) electrons. The van der Waals surface area contributed by atoms with Crippen LogP contribution < -0.4 is 10.6 Å². The summed E-state index contributed by atoms with van der Waals surface area (Å²) in [4.78, 5) is 0. The van der Waals surface area contributed by atoms with Crippen LogP contribution in [-0.4, -0.2) is 0 Å². The van der Waals surface area contributed by atoms with Crippen molar-refractivity contribution in [2.24, 2.45) is 0 Å². The van der Waals surface area contributed by atoms with Crippen LogP contribution in [0.15, 0.2) is 60.7 Å². The molecule has 0 aromatic heterocycles. The van der Waals surface area contributed by atoms with E-state index in [1.807, 2.05) is 74.5 Å². The Balaban J connectivity index is 1.73. The van der Waals surface area contributed by atoms with Gasteiger partial charge in [0.15, 0.2) is 0 Å². The van der Waals surface area contributed by atoms with Crippen LogP contribution in [-0.2, 0) is 0 Å². The minimum absolute atomic E-state index is 0.712. The minimum atomic E-state index is 0.712. The first-order valence-electron chi connectivity index (χ1n) is 7.68. The summed E-state index contributed by atoms with van der Waals surface area (Å²) in [5, 5.41) is 8.07. The third-order valence-corrected chi connectivity index (χ3v) is 4.32. The van der Waals surface area contributed by atoms with Gasteiger partial charge in [-0.3, -0.25) is 0 Å². The molecule has 3 aromatic carbocycles. The lowest BCUT2D eigenvalue weighted by Gasteiger charge is -2.12. The largest absolute Gasteiger partial charge is 0.354 e. The zero-order chi connectivity index (χ0) is 17.1. The van der Waals surface area contributed by atoms with E-state index < -0.39 is 0 Å². The monoisotopic (exact) mass is 356 g/mol. The molecule has 122 valence electrons. The second-order valence-electron chi connectivity index (χ2n) is 5.79. The van der Waals surface area contributed by atoms with Crippen molar-refractivity contribution < 1.29 is 0 Å². The van der Waals surface area contributed by atoms with Crippen LogP contribution in [0.1, 0.15) is 11.1 Å². The van der Waals surface area contributed by atoms with Crippen LogP contribution >= 0.6 is 23.2 Å². The Kier molecular flexibility index (Phi) is 4.98. The van der Waals surface area contributed by atoms with Crippen LogP contribution in [0.5, 0.6) is 0 Å². The lowest BCUT2D eigenvalue weighted by Crippen LogP contribution is -1.94. The summed E-state index contributed by atoms with van der Waals surface area (Å²) in [7, 11) is 0. The smallest absolute Gasteiger partial charge is 0.0643 e. The maximum atomic E-state index is 6.26.